The summed E-state index contributed by atoms with van der Waals surface area (Å²) in [6, 6.07) is 5.74. The van der Waals surface area contributed by atoms with Gasteiger partial charge in [0, 0.05) is 13.1 Å². The fourth-order valence-corrected chi connectivity index (χ4v) is 1.36. The molecular formula is C12H18N4. The molecule has 1 heterocycles. The van der Waals surface area contributed by atoms with Crippen molar-refractivity contribution in [3.63, 3.8) is 0 Å². The maximum Gasteiger partial charge on any atom is 0.126 e. The van der Waals surface area contributed by atoms with Crippen LogP contribution in [0.3, 0.4) is 0 Å². The standard InChI is InChI=1S/C12H18N4/c1-3-6-14-7-8-15-12-5-4-11(9-13)10(2)16-12/h4-5,14H,3,6-8H2,1-2H3,(H,15,16). The molecule has 0 atom stereocenters. The molecule has 1 aromatic rings. The number of nitrogens with one attached hydrogen (secondary N) is 2. The van der Waals surface area contributed by atoms with Gasteiger partial charge in [-0.2, -0.15) is 5.26 Å². The van der Waals surface area contributed by atoms with Crippen molar-refractivity contribution in [1.29, 1.82) is 5.26 Å². The van der Waals surface area contributed by atoms with E-state index in [0.29, 0.717) is 5.56 Å². The lowest BCUT2D eigenvalue weighted by molar-refractivity contribution is 0.687. The molecule has 4 nitrogen and oxygen atoms in total. The molecule has 4 heteroatoms. The van der Waals surface area contributed by atoms with Gasteiger partial charge in [-0.05, 0) is 32.0 Å². The van der Waals surface area contributed by atoms with Crippen LogP contribution in [0, 0.1) is 18.3 Å². The molecule has 0 aliphatic rings. The van der Waals surface area contributed by atoms with Gasteiger partial charge in [-0.1, -0.05) is 6.92 Å². The number of hydrogen-bond acceptors (Lipinski definition) is 4. The lowest BCUT2D eigenvalue weighted by Crippen LogP contribution is -2.23. The van der Waals surface area contributed by atoms with Crippen LogP contribution in [0.25, 0.3) is 0 Å². The van der Waals surface area contributed by atoms with Gasteiger partial charge < -0.3 is 10.6 Å². The molecule has 2 N–H and O–H groups in total. The summed E-state index contributed by atoms with van der Waals surface area (Å²) < 4.78 is 0. The zero-order valence-electron chi connectivity index (χ0n) is 9.88. The first-order valence-corrected chi connectivity index (χ1v) is 5.60. The maximum absolute atomic E-state index is 8.76. The third-order valence-electron chi connectivity index (χ3n) is 2.24. The van der Waals surface area contributed by atoms with Crippen LogP contribution in [0.4, 0.5) is 5.82 Å². The van der Waals surface area contributed by atoms with Crippen molar-refractivity contribution in [1.82, 2.24) is 10.3 Å². The summed E-state index contributed by atoms with van der Waals surface area (Å²) in [4.78, 5) is 4.30. The van der Waals surface area contributed by atoms with Crippen molar-refractivity contribution >= 4 is 5.82 Å². The van der Waals surface area contributed by atoms with Crippen molar-refractivity contribution in [2.45, 2.75) is 20.3 Å². The molecule has 0 saturated heterocycles. The van der Waals surface area contributed by atoms with Gasteiger partial charge in [-0.15, -0.1) is 0 Å². The Morgan fingerprint density at radius 3 is 2.75 bits per heavy atom. The lowest BCUT2D eigenvalue weighted by Gasteiger charge is -2.07. The Bertz CT molecular complexity index is 368. The van der Waals surface area contributed by atoms with Gasteiger partial charge in [0.05, 0.1) is 11.3 Å². The van der Waals surface area contributed by atoms with E-state index >= 15 is 0 Å². The smallest absolute Gasteiger partial charge is 0.126 e. The van der Waals surface area contributed by atoms with Gasteiger partial charge in [0.25, 0.3) is 0 Å². The van der Waals surface area contributed by atoms with Gasteiger partial charge >= 0.3 is 0 Å². The predicted octanol–water partition coefficient (Wildman–Crippen LogP) is 1.67. The van der Waals surface area contributed by atoms with Crippen LogP contribution in [0.5, 0.6) is 0 Å². The maximum atomic E-state index is 8.76. The van der Waals surface area contributed by atoms with E-state index < -0.39 is 0 Å². The van der Waals surface area contributed by atoms with Gasteiger partial charge in [0.1, 0.15) is 11.9 Å². The summed E-state index contributed by atoms with van der Waals surface area (Å²) in [5.41, 5.74) is 1.41. The molecule has 0 amide bonds. The number of nitriles is 1. The quantitative estimate of drug-likeness (QED) is 0.713. The molecule has 1 rings (SSSR count). The summed E-state index contributed by atoms with van der Waals surface area (Å²) in [7, 11) is 0. The largest absolute Gasteiger partial charge is 0.369 e. The van der Waals surface area contributed by atoms with Gasteiger partial charge in [-0.25, -0.2) is 4.98 Å². The Labute approximate surface area is 96.7 Å². The highest BCUT2D eigenvalue weighted by molar-refractivity contribution is 5.42. The zero-order chi connectivity index (χ0) is 11.8. The summed E-state index contributed by atoms with van der Waals surface area (Å²) in [6.07, 6.45) is 1.15. The van der Waals surface area contributed by atoms with Crippen LogP contribution in [-0.2, 0) is 0 Å². The van der Waals surface area contributed by atoms with Crippen molar-refractivity contribution in [3.8, 4) is 6.07 Å². The van der Waals surface area contributed by atoms with Crippen LogP contribution < -0.4 is 10.6 Å². The Morgan fingerprint density at radius 2 is 2.12 bits per heavy atom. The van der Waals surface area contributed by atoms with E-state index in [0.717, 1.165) is 37.6 Å². The normalized spacial score (nSPS) is 9.81. The molecule has 0 unspecified atom stereocenters. The highest BCUT2D eigenvalue weighted by atomic mass is 15.0. The molecule has 0 aliphatic carbocycles. The number of nitrogens with zero attached hydrogens (tertiary/aromatic N) is 2. The van der Waals surface area contributed by atoms with Crippen molar-refractivity contribution in [2.75, 3.05) is 25.0 Å². The van der Waals surface area contributed by atoms with E-state index in [4.69, 9.17) is 5.26 Å². The molecule has 16 heavy (non-hydrogen) atoms. The van der Waals surface area contributed by atoms with Crippen molar-refractivity contribution < 1.29 is 0 Å². The van der Waals surface area contributed by atoms with E-state index in [1.807, 2.05) is 13.0 Å². The average molecular weight is 218 g/mol. The number of hydrogen-bond donors (Lipinski definition) is 2. The molecule has 0 fully saturated rings. The second kappa shape index (κ2) is 6.81. The van der Waals surface area contributed by atoms with Crippen LogP contribution >= 0.6 is 0 Å². The van der Waals surface area contributed by atoms with Crippen LogP contribution in [0.1, 0.15) is 24.6 Å². The molecule has 1 aromatic heterocycles. The number of pyridine rings is 1. The highest BCUT2D eigenvalue weighted by Gasteiger charge is 1.99. The zero-order valence-corrected chi connectivity index (χ0v) is 9.88. The molecule has 0 saturated carbocycles. The monoisotopic (exact) mass is 218 g/mol. The highest BCUT2D eigenvalue weighted by Crippen LogP contribution is 2.08. The summed E-state index contributed by atoms with van der Waals surface area (Å²) >= 11 is 0. The third kappa shape index (κ3) is 3.87. The van der Waals surface area contributed by atoms with Crippen molar-refractivity contribution in [3.05, 3.63) is 23.4 Å². The fraction of sp³-hybridized carbons (Fsp3) is 0.500. The Balaban J connectivity index is 2.38. The molecule has 0 aliphatic heterocycles. The molecule has 0 aromatic carbocycles. The van der Waals surface area contributed by atoms with Gasteiger partial charge in [0.2, 0.25) is 0 Å². The number of aromatic nitrogens is 1. The van der Waals surface area contributed by atoms with Crippen LogP contribution in [-0.4, -0.2) is 24.6 Å². The van der Waals surface area contributed by atoms with Crippen LogP contribution in [0.2, 0.25) is 0 Å². The summed E-state index contributed by atoms with van der Waals surface area (Å²) in [5, 5.41) is 15.3. The van der Waals surface area contributed by atoms with Crippen LogP contribution in [0.15, 0.2) is 12.1 Å². The van der Waals surface area contributed by atoms with E-state index in [2.05, 4.69) is 28.6 Å². The number of aryl methyl sites for hydroxylation is 1. The Kier molecular flexibility index (Phi) is 5.30. The molecular weight excluding hydrogens is 200 g/mol. The SMILES string of the molecule is CCCNCCNc1ccc(C#N)c(C)n1. The minimum Gasteiger partial charge on any atom is -0.369 e. The van der Waals surface area contributed by atoms with E-state index in [1.54, 1.807) is 6.07 Å². The molecule has 86 valence electrons. The Morgan fingerprint density at radius 1 is 1.31 bits per heavy atom. The minimum absolute atomic E-state index is 0.634. The molecule has 0 bridgehead atoms. The lowest BCUT2D eigenvalue weighted by atomic mass is 10.2. The predicted molar refractivity (Wildman–Crippen MR) is 65.3 cm³/mol. The van der Waals surface area contributed by atoms with E-state index in [9.17, 15) is 0 Å². The first-order chi connectivity index (χ1) is 7.77. The Hall–Kier alpha value is -1.60. The van der Waals surface area contributed by atoms with Crippen molar-refractivity contribution in [2.24, 2.45) is 0 Å². The second-order valence-corrected chi connectivity index (χ2v) is 3.62. The first-order valence-electron chi connectivity index (χ1n) is 5.60. The van der Waals surface area contributed by atoms with Gasteiger partial charge in [-0.3, -0.25) is 0 Å². The van der Waals surface area contributed by atoms with Gasteiger partial charge in [0.15, 0.2) is 0 Å². The van der Waals surface area contributed by atoms with E-state index in [1.165, 1.54) is 0 Å². The summed E-state index contributed by atoms with van der Waals surface area (Å²) in [6.45, 7) is 6.81. The number of rotatable bonds is 6. The topological polar surface area (TPSA) is 60.7 Å². The second-order valence-electron chi connectivity index (χ2n) is 3.62. The minimum atomic E-state index is 0.634. The van der Waals surface area contributed by atoms with E-state index in [-0.39, 0.29) is 0 Å². The fourth-order valence-electron chi connectivity index (χ4n) is 1.36. The summed E-state index contributed by atoms with van der Waals surface area (Å²) in [5.74, 6) is 0.829. The molecule has 0 radical (unpaired) electrons. The third-order valence-corrected chi connectivity index (χ3v) is 2.24. The average Bonchev–Trinajstić information content (AvgIpc) is 2.29. The number of anilines is 1. The first kappa shape index (κ1) is 12.5. The molecule has 0 spiro atoms.